The molecule has 1 fully saturated rings. The molecule has 1 rings (SSSR count). The molecule has 1 saturated heterocycles. The van der Waals surface area contributed by atoms with Gasteiger partial charge in [-0.05, 0) is 38.0 Å². The molecular formula is C36H64O9. The van der Waals surface area contributed by atoms with E-state index in [2.05, 4.69) is 20.8 Å². The second kappa shape index (κ2) is 26.3. The lowest BCUT2D eigenvalue weighted by Crippen LogP contribution is -2.43. The van der Waals surface area contributed by atoms with E-state index in [-0.39, 0.29) is 37.9 Å². The van der Waals surface area contributed by atoms with Crippen LogP contribution in [0.4, 0.5) is 0 Å². The SMILES string of the molecule is CCCCC[C@H](O)/C=C/[C@H]1OC(O)C[C@H](O)[C@@H]1C/C=C\CCCC(=O)OC[C@H](O)COC(=O)CCCCCCCCC(C)CC. The number of aliphatic hydroxyl groups is 4. The largest absolute Gasteiger partial charge is 0.463 e. The van der Waals surface area contributed by atoms with Crippen molar-refractivity contribution in [2.45, 2.75) is 167 Å². The summed E-state index contributed by atoms with van der Waals surface area (Å²) in [5.41, 5.74) is 0. The molecule has 9 heteroatoms. The molecular weight excluding hydrogens is 576 g/mol. The van der Waals surface area contributed by atoms with Crippen LogP contribution in [0.2, 0.25) is 0 Å². The van der Waals surface area contributed by atoms with Gasteiger partial charge in [0.25, 0.3) is 0 Å². The second-order valence-corrected chi connectivity index (χ2v) is 12.8. The van der Waals surface area contributed by atoms with E-state index in [9.17, 15) is 30.0 Å². The van der Waals surface area contributed by atoms with E-state index in [1.807, 2.05) is 12.2 Å². The van der Waals surface area contributed by atoms with Gasteiger partial charge in [-0.1, -0.05) is 109 Å². The minimum atomic E-state index is -1.05. The van der Waals surface area contributed by atoms with Gasteiger partial charge in [-0.2, -0.15) is 0 Å². The zero-order chi connectivity index (χ0) is 33.3. The Morgan fingerprint density at radius 2 is 1.47 bits per heavy atom. The van der Waals surface area contributed by atoms with Crippen molar-refractivity contribution in [1.29, 1.82) is 0 Å². The average Bonchev–Trinajstić information content (AvgIpc) is 3.01. The summed E-state index contributed by atoms with van der Waals surface area (Å²) >= 11 is 0. The highest BCUT2D eigenvalue weighted by Crippen LogP contribution is 2.29. The Kier molecular flexibility index (Phi) is 24.1. The number of allylic oxidation sites excluding steroid dienone is 2. The van der Waals surface area contributed by atoms with Crippen molar-refractivity contribution in [3.05, 3.63) is 24.3 Å². The average molecular weight is 641 g/mol. The Bertz CT molecular complexity index is 814. The molecule has 0 saturated carbocycles. The fraction of sp³-hybridized carbons (Fsp3) is 0.833. The Labute approximate surface area is 272 Å². The number of aliphatic hydroxyl groups excluding tert-OH is 4. The summed E-state index contributed by atoms with van der Waals surface area (Å²) in [6, 6.07) is 0. The molecule has 4 N–H and O–H groups in total. The van der Waals surface area contributed by atoms with Crippen molar-refractivity contribution in [1.82, 2.24) is 0 Å². The van der Waals surface area contributed by atoms with Crippen LogP contribution in [0.5, 0.6) is 0 Å². The summed E-state index contributed by atoms with van der Waals surface area (Å²) in [4.78, 5) is 24.0. The van der Waals surface area contributed by atoms with E-state index in [1.54, 1.807) is 12.2 Å². The number of carbonyl (C=O) groups excluding carboxylic acids is 2. The maximum Gasteiger partial charge on any atom is 0.305 e. The molecule has 0 aromatic carbocycles. The van der Waals surface area contributed by atoms with E-state index in [0.717, 1.165) is 44.4 Å². The number of unbranched alkanes of at least 4 members (excludes halogenated alkanes) is 8. The molecule has 0 bridgehead atoms. The highest BCUT2D eigenvalue weighted by atomic mass is 16.6. The predicted molar refractivity (Wildman–Crippen MR) is 176 cm³/mol. The lowest BCUT2D eigenvalue weighted by molar-refractivity contribution is -0.199. The molecule has 0 spiro atoms. The standard InChI is InChI=1S/C36H64O9/c1-4-6-13-19-29(37)23-24-33-31(32(39)25-36(42)45-33)20-15-11-12-17-22-35(41)44-27-30(38)26-43-34(40)21-16-10-8-7-9-14-18-28(3)5-2/h11,15,23-24,28-33,36-39,42H,4-10,12-14,16-22,25-27H2,1-3H3/b15-11-,24-23+/t28?,29-,30+,31-,32-,33+,36?/m0/s1. The number of rotatable bonds is 26. The lowest BCUT2D eigenvalue weighted by Gasteiger charge is -2.36. The van der Waals surface area contributed by atoms with Gasteiger partial charge in [0, 0.05) is 25.2 Å². The molecule has 0 amide bonds. The van der Waals surface area contributed by atoms with Gasteiger partial charge in [0.2, 0.25) is 0 Å². The summed E-state index contributed by atoms with van der Waals surface area (Å²) in [6.45, 7) is 6.23. The monoisotopic (exact) mass is 640 g/mol. The first-order valence-electron chi connectivity index (χ1n) is 17.7. The topological polar surface area (TPSA) is 143 Å². The van der Waals surface area contributed by atoms with Crippen LogP contribution in [-0.2, 0) is 23.8 Å². The molecule has 45 heavy (non-hydrogen) atoms. The van der Waals surface area contributed by atoms with Crippen LogP contribution in [0, 0.1) is 11.8 Å². The summed E-state index contributed by atoms with van der Waals surface area (Å²) in [6.07, 6.45) is 18.7. The first-order valence-corrected chi connectivity index (χ1v) is 17.7. The Balaban J connectivity index is 2.17. The van der Waals surface area contributed by atoms with Crippen LogP contribution in [0.15, 0.2) is 24.3 Å². The summed E-state index contributed by atoms with van der Waals surface area (Å²) < 4.78 is 15.9. The number of hydrogen-bond acceptors (Lipinski definition) is 9. The van der Waals surface area contributed by atoms with Crippen LogP contribution < -0.4 is 0 Å². The molecule has 1 aliphatic heterocycles. The second-order valence-electron chi connectivity index (χ2n) is 12.8. The van der Waals surface area contributed by atoms with Crippen molar-refractivity contribution in [2.75, 3.05) is 13.2 Å². The van der Waals surface area contributed by atoms with Crippen LogP contribution in [0.25, 0.3) is 0 Å². The Hall–Kier alpha value is -1.78. The summed E-state index contributed by atoms with van der Waals surface area (Å²) in [7, 11) is 0. The maximum absolute atomic E-state index is 12.0. The molecule has 1 aliphatic rings. The van der Waals surface area contributed by atoms with Crippen LogP contribution in [0.3, 0.4) is 0 Å². The van der Waals surface area contributed by atoms with Crippen molar-refractivity contribution in [2.24, 2.45) is 11.8 Å². The smallest absolute Gasteiger partial charge is 0.305 e. The summed E-state index contributed by atoms with van der Waals surface area (Å²) in [5.74, 6) is -0.210. The van der Waals surface area contributed by atoms with Gasteiger partial charge < -0.3 is 34.6 Å². The molecule has 2 unspecified atom stereocenters. The first-order chi connectivity index (χ1) is 21.7. The van der Waals surface area contributed by atoms with E-state index in [4.69, 9.17) is 14.2 Å². The number of carbonyl (C=O) groups is 2. The van der Waals surface area contributed by atoms with E-state index < -0.39 is 36.7 Å². The number of ether oxygens (including phenoxy) is 3. The zero-order valence-electron chi connectivity index (χ0n) is 28.3. The van der Waals surface area contributed by atoms with E-state index >= 15 is 0 Å². The van der Waals surface area contributed by atoms with Crippen LogP contribution in [-0.4, -0.2) is 76.3 Å². The molecule has 9 nitrogen and oxygen atoms in total. The van der Waals surface area contributed by atoms with E-state index in [0.29, 0.717) is 32.1 Å². The highest BCUT2D eigenvalue weighted by Gasteiger charge is 2.35. The fourth-order valence-corrected chi connectivity index (χ4v) is 5.33. The Morgan fingerprint density at radius 3 is 2.13 bits per heavy atom. The third-order valence-electron chi connectivity index (χ3n) is 8.52. The summed E-state index contributed by atoms with van der Waals surface area (Å²) in [5, 5.41) is 40.6. The fourth-order valence-electron chi connectivity index (χ4n) is 5.33. The van der Waals surface area contributed by atoms with Gasteiger partial charge in [-0.15, -0.1) is 0 Å². The molecule has 262 valence electrons. The molecule has 1 heterocycles. The predicted octanol–water partition coefficient (Wildman–Crippen LogP) is 6.30. The quantitative estimate of drug-likeness (QED) is 0.0487. The van der Waals surface area contributed by atoms with Gasteiger partial charge in [0.05, 0.1) is 18.3 Å². The minimum Gasteiger partial charge on any atom is -0.463 e. The lowest BCUT2D eigenvalue weighted by atomic mass is 9.87. The van der Waals surface area contributed by atoms with Crippen LogP contribution in [0.1, 0.15) is 136 Å². The van der Waals surface area contributed by atoms with Gasteiger partial charge in [-0.3, -0.25) is 9.59 Å². The van der Waals surface area contributed by atoms with Gasteiger partial charge in [-0.25, -0.2) is 0 Å². The van der Waals surface area contributed by atoms with Crippen molar-refractivity contribution < 1.29 is 44.2 Å². The minimum absolute atomic E-state index is 0.137. The zero-order valence-corrected chi connectivity index (χ0v) is 28.3. The molecule has 0 aliphatic carbocycles. The third kappa shape index (κ3) is 21.6. The normalized spacial score (nSPS) is 22.5. The number of hydrogen-bond donors (Lipinski definition) is 4. The van der Waals surface area contributed by atoms with Crippen molar-refractivity contribution >= 4 is 11.9 Å². The van der Waals surface area contributed by atoms with E-state index in [1.165, 1.54) is 32.1 Å². The molecule has 0 radical (unpaired) electrons. The highest BCUT2D eigenvalue weighted by molar-refractivity contribution is 5.69. The van der Waals surface area contributed by atoms with Crippen molar-refractivity contribution in [3.63, 3.8) is 0 Å². The maximum atomic E-state index is 12.0. The van der Waals surface area contributed by atoms with Gasteiger partial charge in [0.15, 0.2) is 6.29 Å². The molecule has 0 aromatic rings. The van der Waals surface area contributed by atoms with Gasteiger partial charge >= 0.3 is 11.9 Å². The third-order valence-corrected chi connectivity index (χ3v) is 8.52. The number of esters is 2. The Morgan fingerprint density at radius 1 is 0.844 bits per heavy atom. The van der Waals surface area contributed by atoms with Gasteiger partial charge in [0.1, 0.15) is 19.3 Å². The van der Waals surface area contributed by atoms with Crippen molar-refractivity contribution in [3.8, 4) is 0 Å². The first kappa shape index (κ1) is 41.2. The molecule has 7 atom stereocenters. The molecule has 0 aromatic heterocycles. The van der Waals surface area contributed by atoms with Crippen LogP contribution >= 0.6 is 0 Å².